The Kier molecular flexibility index (Phi) is 5.72. The van der Waals surface area contributed by atoms with Crippen LogP contribution in [0, 0.1) is 15.9 Å². The number of nitro groups is 1. The van der Waals surface area contributed by atoms with Crippen LogP contribution in [0.1, 0.15) is 19.8 Å². The van der Waals surface area contributed by atoms with E-state index in [1.807, 2.05) is 0 Å². The van der Waals surface area contributed by atoms with Crippen molar-refractivity contribution in [1.82, 2.24) is 0 Å². The first-order chi connectivity index (χ1) is 9.06. The van der Waals surface area contributed by atoms with Crippen molar-refractivity contribution < 1.29 is 18.8 Å². The van der Waals surface area contributed by atoms with E-state index in [1.54, 1.807) is 6.92 Å². The average molecular weight is 270 g/mol. The minimum atomic E-state index is -0.889. The number of benzene rings is 1. The summed E-state index contributed by atoms with van der Waals surface area (Å²) in [5.74, 6) is -1.21. The lowest BCUT2D eigenvalue weighted by Crippen LogP contribution is -2.09. The number of nitro benzene ring substituents is 1. The molecular formula is C12H15FN2O4. The first-order valence-electron chi connectivity index (χ1n) is 5.88. The third-order valence-electron chi connectivity index (χ3n) is 2.35. The number of hydrogen-bond acceptors (Lipinski definition) is 5. The number of nitrogens with one attached hydrogen (secondary N) is 1. The highest BCUT2D eigenvalue weighted by Gasteiger charge is 2.19. The smallest absolute Gasteiger partial charge is 0.327 e. The number of nitrogens with zero attached hydrogens (tertiary/aromatic N) is 1. The number of halogens is 1. The SMILES string of the molecule is CCOC(=O)CCCNc1cccc(F)c1[N+](=O)[O-]. The van der Waals surface area contributed by atoms with Gasteiger partial charge in [-0.1, -0.05) is 6.07 Å². The second-order valence-electron chi connectivity index (χ2n) is 3.73. The molecule has 1 rings (SSSR count). The minimum absolute atomic E-state index is 0.105. The van der Waals surface area contributed by atoms with Crippen LogP contribution in [0.15, 0.2) is 18.2 Å². The molecule has 1 N–H and O–H groups in total. The second kappa shape index (κ2) is 7.30. The Balaban J connectivity index is 2.52. The van der Waals surface area contributed by atoms with Crippen molar-refractivity contribution in [1.29, 1.82) is 0 Å². The summed E-state index contributed by atoms with van der Waals surface area (Å²) in [6, 6.07) is 3.84. The largest absolute Gasteiger partial charge is 0.466 e. The molecule has 104 valence electrons. The number of hydrogen-bond donors (Lipinski definition) is 1. The van der Waals surface area contributed by atoms with Crippen molar-refractivity contribution in [2.24, 2.45) is 0 Å². The molecule has 7 heteroatoms. The predicted octanol–water partition coefficient (Wildman–Crippen LogP) is 2.49. The summed E-state index contributed by atoms with van der Waals surface area (Å²) in [4.78, 5) is 21.0. The van der Waals surface area contributed by atoms with Crippen LogP contribution >= 0.6 is 0 Å². The molecule has 0 amide bonds. The van der Waals surface area contributed by atoms with E-state index in [0.29, 0.717) is 19.6 Å². The third kappa shape index (κ3) is 4.53. The lowest BCUT2D eigenvalue weighted by atomic mass is 10.2. The highest BCUT2D eigenvalue weighted by atomic mass is 19.1. The topological polar surface area (TPSA) is 81.5 Å². The fraction of sp³-hybridized carbons (Fsp3) is 0.417. The van der Waals surface area contributed by atoms with Gasteiger partial charge in [-0.2, -0.15) is 4.39 Å². The monoisotopic (exact) mass is 270 g/mol. The summed E-state index contributed by atoms with van der Waals surface area (Å²) in [6.07, 6.45) is 0.663. The van der Waals surface area contributed by atoms with Gasteiger partial charge in [-0.3, -0.25) is 14.9 Å². The van der Waals surface area contributed by atoms with Crippen LogP contribution < -0.4 is 5.32 Å². The normalized spacial score (nSPS) is 10.0. The molecule has 0 unspecified atom stereocenters. The molecule has 0 saturated heterocycles. The molecule has 0 spiro atoms. The Morgan fingerprint density at radius 3 is 2.89 bits per heavy atom. The second-order valence-corrected chi connectivity index (χ2v) is 3.73. The van der Waals surface area contributed by atoms with Gasteiger partial charge < -0.3 is 10.1 Å². The van der Waals surface area contributed by atoms with Crippen LogP contribution in [-0.2, 0) is 9.53 Å². The molecule has 0 aliphatic carbocycles. The molecule has 0 aliphatic heterocycles. The van der Waals surface area contributed by atoms with Crippen LogP contribution in [0.25, 0.3) is 0 Å². The number of anilines is 1. The van der Waals surface area contributed by atoms with Gasteiger partial charge in [0.15, 0.2) is 0 Å². The molecule has 19 heavy (non-hydrogen) atoms. The van der Waals surface area contributed by atoms with Gasteiger partial charge in [0.1, 0.15) is 5.69 Å². The van der Waals surface area contributed by atoms with Crippen molar-refractivity contribution >= 4 is 17.3 Å². The number of carbonyl (C=O) groups excluding carboxylic acids is 1. The molecular weight excluding hydrogens is 255 g/mol. The Labute approximate surface area is 109 Å². The standard InChI is InChI=1S/C12H15FN2O4/c1-2-19-11(16)7-4-8-14-10-6-3-5-9(13)12(10)15(17)18/h3,5-6,14H,2,4,7-8H2,1H3. The maximum Gasteiger partial charge on any atom is 0.327 e. The molecule has 1 aromatic rings. The molecule has 0 heterocycles. The van der Waals surface area contributed by atoms with E-state index in [1.165, 1.54) is 12.1 Å². The van der Waals surface area contributed by atoms with E-state index in [-0.39, 0.29) is 18.1 Å². The predicted molar refractivity (Wildman–Crippen MR) is 67.4 cm³/mol. The summed E-state index contributed by atoms with van der Waals surface area (Å²) in [5, 5.41) is 13.5. The zero-order valence-corrected chi connectivity index (χ0v) is 10.5. The third-order valence-corrected chi connectivity index (χ3v) is 2.35. The summed E-state index contributed by atoms with van der Waals surface area (Å²) in [5.41, 5.74) is -0.479. The summed E-state index contributed by atoms with van der Waals surface area (Å²) in [7, 11) is 0. The number of esters is 1. The molecule has 0 saturated carbocycles. The van der Waals surface area contributed by atoms with Gasteiger partial charge in [0.05, 0.1) is 11.5 Å². The van der Waals surface area contributed by atoms with E-state index in [2.05, 4.69) is 5.32 Å². The van der Waals surface area contributed by atoms with Gasteiger partial charge in [-0.15, -0.1) is 0 Å². The van der Waals surface area contributed by atoms with Crippen LogP contribution in [0.5, 0.6) is 0 Å². The van der Waals surface area contributed by atoms with E-state index in [0.717, 1.165) is 6.07 Å². The Bertz CT molecular complexity index is 465. The van der Waals surface area contributed by atoms with Crippen LogP contribution in [0.3, 0.4) is 0 Å². The fourth-order valence-corrected chi connectivity index (χ4v) is 1.53. The summed E-state index contributed by atoms with van der Waals surface area (Å²) in [6.45, 7) is 2.36. The Morgan fingerprint density at radius 2 is 2.26 bits per heavy atom. The average Bonchev–Trinajstić information content (AvgIpc) is 2.34. The van der Waals surface area contributed by atoms with E-state index in [9.17, 15) is 19.3 Å². The molecule has 1 aromatic carbocycles. The molecule has 6 nitrogen and oxygen atoms in total. The number of carbonyl (C=O) groups is 1. The Morgan fingerprint density at radius 1 is 1.53 bits per heavy atom. The highest BCUT2D eigenvalue weighted by molar-refractivity contribution is 5.69. The van der Waals surface area contributed by atoms with Gasteiger partial charge in [-0.05, 0) is 25.5 Å². The van der Waals surface area contributed by atoms with Crippen molar-refractivity contribution in [3.63, 3.8) is 0 Å². The minimum Gasteiger partial charge on any atom is -0.466 e. The molecule has 0 fully saturated rings. The summed E-state index contributed by atoms with van der Waals surface area (Å²) >= 11 is 0. The molecule has 0 atom stereocenters. The van der Waals surface area contributed by atoms with Gasteiger partial charge >= 0.3 is 11.7 Å². The number of para-hydroxylation sites is 1. The van der Waals surface area contributed by atoms with Crippen LogP contribution in [0.2, 0.25) is 0 Å². The van der Waals surface area contributed by atoms with Gasteiger partial charge in [0.2, 0.25) is 5.82 Å². The first-order valence-corrected chi connectivity index (χ1v) is 5.88. The summed E-state index contributed by atoms with van der Waals surface area (Å²) < 4.78 is 18.0. The van der Waals surface area contributed by atoms with Crippen LogP contribution in [-0.4, -0.2) is 24.0 Å². The number of rotatable bonds is 7. The van der Waals surface area contributed by atoms with Gasteiger partial charge in [0, 0.05) is 13.0 Å². The molecule has 0 bridgehead atoms. The fourth-order valence-electron chi connectivity index (χ4n) is 1.53. The van der Waals surface area contributed by atoms with Crippen molar-refractivity contribution in [3.8, 4) is 0 Å². The molecule has 0 radical (unpaired) electrons. The quantitative estimate of drug-likeness (QED) is 0.356. The van der Waals surface area contributed by atoms with Gasteiger partial charge in [0.25, 0.3) is 0 Å². The lowest BCUT2D eigenvalue weighted by Gasteiger charge is -2.07. The lowest BCUT2D eigenvalue weighted by molar-refractivity contribution is -0.386. The highest BCUT2D eigenvalue weighted by Crippen LogP contribution is 2.26. The van der Waals surface area contributed by atoms with E-state index >= 15 is 0 Å². The molecule has 0 aliphatic rings. The maximum absolute atomic E-state index is 13.3. The van der Waals surface area contributed by atoms with E-state index < -0.39 is 16.4 Å². The van der Waals surface area contributed by atoms with Crippen molar-refractivity contribution in [3.05, 3.63) is 34.1 Å². The zero-order valence-electron chi connectivity index (χ0n) is 10.5. The molecule has 0 aromatic heterocycles. The van der Waals surface area contributed by atoms with Crippen LogP contribution in [0.4, 0.5) is 15.8 Å². The maximum atomic E-state index is 13.3. The Hall–Kier alpha value is -2.18. The van der Waals surface area contributed by atoms with Gasteiger partial charge in [-0.25, -0.2) is 0 Å². The first kappa shape index (κ1) is 14.9. The van der Waals surface area contributed by atoms with Crippen molar-refractivity contribution in [2.45, 2.75) is 19.8 Å². The number of ether oxygens (including phenoxy) is 1. The zero-order chi connectivity index (χ0) is 14.3. The van der Waals surface area contributed by atoms with Crippen molar-refractivity contribution in [2.75, 3.05) is 18.5 Å². The van der Waals surface area contributed by atoms with E-state index in [4.69, 9.17) is 4.74 Å².